The Hall–Kier alpha value is -1.06. The molecule has 3 nitrogen and oxygen atoms in total. The van der Waals surface area contributed by atoms with Gasteiger partial charge in [-0.05, 0) is 17.7 Å². The van der Waals surface area contributed by atoms with E-state index in [2.05, 4.69) is 0 Å². The number of hydrogen-bond acceptors (Lipinski definition) is 3. The van der Waals surface area contributed by atoms with E-state index >= 15 is 0 Å². The molecule has 0 bridgehead atoms. The molecule has 0 atom stereocenters. The highest BCUT2D eigenvalue weighted by molar-refractivity contribution is 5.36. The van der Waals surface area contributed by atoms with Crippen molar-refractivity contribution in [2.75, 3.05) is 14.2 Å². The average Bonchev–Trinajstić information content (AvgIpc) is 2.18. The van der Waals surface area contributed by atoms with E-state index in [9.17, 15) is 0 Å². The number of nitrogens with two attached hydrogens (primary N) is 1. The van der Waals surface area contributed by atoms with Crippen molar-refractivity contribution in [1.29, 1.82) is 0 Å². The van der Waals surface area contributed by atoms with E-state index in [1.807, 2.05) is 18.2 Å². The van der Waals surface area contributed by atoms with Gasteiger partial charge >= 0.3 is 0 Å². The highest BCUT2D eigenvalue weighted by Gasteiger charge is 2.02. The summed E-state index contributed by atoms with van der Waals surface area (Å²) in [6.07, 6.45) is 0. The van der Waals surface area contributed by atoms with Crippen molar-refractivity contribution < 1.29 is 9.47 Å². The predicted octanol–water partition coefficient (Wildman–Crippen LogP) is 1.30. The van der Waals surface area contributed by atoms with Crippen molar-refractivity contribution in [2.24, 2.45) is 5.73 Å². The molecule has 3 heteroatoms. The average molecular weight is 181 g/mol. The normalized spacial score (nSPS) is 10.1. The number of methoxy groups -OCH3 is 2. The van der Waals surface area contributed by atoms with Gasteiger partial charge in [0.25, 0.3) is 0 Å². The Bertz CT molecular complexity index is 274. The van der Waals surface area contributed by atoms with E-state index < -0.39 is 0 Å². The lowest BCUT2D eigenvalue weighted by atomic mass is 10.1. The SMILES string of the molecule is COCc1cc(CN)ccc1OC. The molecule has 13 heavy (non-hydrogen) atoms. The van der Waals surface area contributed by atoms with Crippen molar-refractivity contribution in [3.8, 4) is 5.75 Å². The van der Waals surface area contributed by atoms with Crippen LogP contribution in [0.15, 0.2) is 18.2 Å². The molecular formula is C10H15NO2. The molecule has 1 aromatic rings. The van der Waals surface area contributed by atoms with E-state index in [-0.39, 0.29) is 0 Å². The Balaban J connectivity index is 2.95. The van der Waals surface area contributed by atoms with Crippen molar-refractivity contribution >= 4 is 0 Å². The van der Waals surface area contributed by atoms with Crippen molar-refractivity contribution in [1.82, 2.24) is 0 Å². The van der Waals surface area contributed by atoms with Gasteiger partial charge in [0.05, 0.1) is 13.7 Å². The van der Waals surface area contributed by atoms with Crippen LogP contribution in [0, 0.1) is 0 Å². The van der Waals surface area contributed by atoms with Gasteiger partial charge in [-0.2, -0.15) is 0 Å². The summed E-state index contributed by atoms with van der Waals surface area (Å²) in [6.45, 7) is 1.09. The molecule has 2 N–H and O–H groups in total. The van der Waals surface area contributed by atoms with Gasteiger partial charge in [-0.1, -0.05) is 6.07 Å². The minimum Gasteiger partial charge on any atom is -0.496 e. The molecular weight excluding hydrogens is 166 g/mol. The molecule has 72 valence electrons. The van der Waals surface area contributed by atoms with Gasteiger partial charge in [-0.15, -0.1) is 0 Å². The molecule has 0 aliphatic heterocycles. The lowest BCUT2D eigenvalue weighted by molar-refractivity contribution is 0.181. The van der Waals surface area contributed by atoms with Crippen LogP contribution < -0.4 is 10.5 Å². The minimum absolute atomic E-state index is 0.542. The second kappa shape index (κ2) is 4.84. The molecule has 0 saturated heterocycles. The molecule has 0 amide bonds. The lowest BCUT2D eigenvalue weighted by Crippen LogP contribution is -2.00. The summed E-state index contributed by atoms with van der Waals surface area (Å²) < 4.78 is 10.2. The van der Waals surface area contributed by atoms with Crippen LogP contribution in [-0.2, 0) is 17.9 Å². The fourth-order valence-corrected chi connectivity index (χ4v) is 1.23. The van der Waals surface area contributed by atoms with Gasteiger partial charge in [-0.3, -0.25) is 0 Å². The van der Waals surface area contributed by atoms with Crippen molar-refractivity contribution in [3.63, 3.8) is 0 Å². The second-order valence-electron chi connectivity index (χ2n) is 2.78. The van der Waals surface area contributed by atoms with Crippen LogP contribution in [-0.4, -0.2) is 14.2 Å². The van der Waals surface area contributed by atoms with Crippen LogP contribution in [0.5, 0.6) is 5.75 Å². The maximum Gasteiger partial charge on any atom is 0.124 e. The van der Waals surface area contributed by atoms with Crippen LogP contribution in [0.2, 0.25) is 0 Å². The largest absolute Gasteiger partial charge is 0.496 e. The van der Waals surface area contributed by atoms with Gasteiger partial charge in [0, 0.05) is 19.2 Å². The van der Waals surface area contributed by atoms with E-state index in [1.54, 1.807) is 14.2 Å². The molecule has 0 unspecified atom stereocenters. The molecule has 0 radical (unpaired) electrons. The van der Waals surface area contributed by atoms with Crippen molar-refractivity contribution in [3.05, 3.63) is 29.3 Å². The Kier molecular flexibility index (Phi) is 3.73. The Morgan fingerprint density at radius 2 is 2.08 bits per heavy atom. The zero-order chi connectivity index (χ0) is 9.68. The zero-order valence-corrected chi connectivity index (χ0v) is 8.04. The van der Waals surface area contributed by atoms with Crippen LogP contribution in [0.4, 0.5) is 0 Å². The molecule has 0 aliphatic carbocycles. The smallest absolute Gasteiger partial charge is 0.124 e. The summed E-state index contributed by atoms with van der Waals surface area (Å²) in [6, 6.07) is 5.87. The first-order valence-electron chi connectivity index (χ1n) is 4.16. The molecule has 0 aromatic heterocycles. The first-order chi connectivity index (χ1) is 6.31. The number of rotatable bonds is 4. The summed E-state index contributed by atoms with van der Waals surface area (Å²) in [7, 11) is 3.31. The van der Waals surface area contributed by atoms with E-state index in [0.29, 0.717) is 13.2 Å². The minimum atomic E-state index is 0.542. The first kappa shape index (κ1) is 10.0. The number of benzene rings is 1. The van der Waals surface area contributed by atoms with E-state index in [4.69, 9.17) is 15.2 Å². The molecule has 0 fully saturated rings. The van der Waals surface area contributed by atoms with Crippen LogP contribution in [0.1, 0.15) is 11.1 Å². The maximum atomic E-state index is 5.52. The molecule has 1 aromatic carbocycles. The molecule has 0 aliphatic rings. The second-order valence-corrected chi connectivity index (χ2v) is 2.78. The fourth-order valence-electron chi connectivity index (χ4n) is 1.23. The Morgan fingerprint density at radius 3 is 2.62 bits per heavy atom. The standard InChI is InChI=1S/C10H15NO2/c1-12-7-9-5-8(6-11)3-4-10(9)13-2/h3-5H,6-7,11H2,1-2H3. The zero-order valence-electron chi connectivity index (χ0n) is 8.04. The molecule has 0 saturated carbocycles. The van der Waals surface area contributed by atoms with Crippen LogP contribution >= 0.6 is 0 Å². The quantitative estimate of drug-likeness (QED) is 0.761. The van der Waals surface area contributed by atoms with Crippen LogP contribution in [0.25, 0.3) is 0 Å². The Morgan fingerprint density at radius 1 is 1.31 bits per heavy atom. The highest BCUT2D eigenvalue weighted by atomic mass is 16.5. The fraction of sp³-hybridized carbons (Fsp3) is 0.400. The Labute approximate surface area is 78.5 Å². The molecule has 0 spiro atoms. The van der Waals surface area contributed by atoms with Gasteiger partial charge in [0.1, 0.15) is 5.75 Å². The summed E-state index contributed by atoms with van der Waals surface area (Å²) in [5.74, 6) is 0.846. The third kappa shape index (κ3) is 2.44. The summed E-state index contributed by atoms with van der Waals surface area (Å²) in [5.41, 5.74) is 7.65. The van der Waals surface area contributed by atoms with Gasteiger partial charge in [-0.25, -0.2) is 0 Å². The predicted molar refractivity (Wildman–Crippen MR) is 51.6 cm³/mol. The monoisotopic (exact) mass is 181 g/mol. The third-order valence-electron chi connectivity index (χ3n) is 1.88. The summed E-state index contributed by atoms with van der Waals surface area (Å²) in [4.78, 5) is 0. The third-order valence-corrected chi connectivity index (χ3v) is 1.88. The summed E-state index contributed by atoms with van der Waals surface area (Å²) in [5, 5.41) is 0. The maximum absolute atomic E-state index is 5.52. The lowest BCUT2D eigenvalue weighted by Gasteiger charge is -2.08. The number of ether oxygens (including phenoxy) is 2. The van der Waals surface area contributed by atoms with Crippen molar-refractivity contribution in [2.45, 2.75) is 13.2 Å². The van der Waals surface area contributed by atoms with E-state index in [1.165, 1.54) is 0 Å². The molecule has 1 rings (SSSR count). The van der Waals surface area contributed by atoms with E-state index in [0.717, 1.165) is 16.9 Å². The first-order valence-corrected chi connectivity index (χ1v) is 4.16. The van der Waals surface area contributed by atoms with Gasteiger partial charge < -0.3 is 15.2 Å². The topological polar surface area (TPSA) is 44.5 Å². The van der Waals surface area contributed by atoms with Gasteiger partial charge in [0.15, 0.2) is 0 Å². The number of hydrogen-bond donors (Lipinski definition) is 1. The van der Waals surface area contributed by atoms with Crippen LogP contribution in [0.3, 0.4) is 0 Å². The van der Waals surface area contributed by atoms with Gasteiger partial charge in [0.2, 0.25) is 0 Å². The molecule has 0 heterocycles. The highest BCUT2D eigenvalue weighted by Crippen LogP contribution is 2.20. The summed E-state index contributed by atoms with van der Waals surface area (Å²) >= 11 is 0.